The first-order chi connectivity index (χ1) is 10.9. The molecule has 5 nitrogen and oxygen atoms in total. The van der Waals surface area contributed by atoms with Crippen LogP contribution in [0.2, 0.25) is 0 Å². The highest BCUT2D eigenvalue weighted by molar-refractivity contribution is 6.08. The number of ketones is 1. The van der Waals surface area contributed by atoms with E-state index in [2.05, 4.69) is 6.58 Å². The van der Waals surface area contributed by atoms with Crippen LogP contribution in [0.25, 0.3) is 0 Å². The van der Waals surface area contributed by atoms with Crippen LogP contribution >= 0.6 is 0 Å². The number of carbonyl (C=O) groups is 3. The molecule has 0 spiro atoms. The molecule has 5 atom stereocenters. The summed E-state index contributed by atoms with van der Waals surface area (Å²) in [5.41, 5.74) is -1.02. The van der Waals surface area contributed by atoms with Crippen molar-refractivity contribution in [3.63, 3.8) is 0 Å². The van der Waals surface area contributed by atoms with E-state index in [-0.39, 0.29) is 29.6 Å². The molecule has 2 aliphatic heterocycles. The van der Waals surface area contributed by atoms with Crippen molar-refractivity contribution in [2.24, 2.45) is 22.7 Å². The molecule has 0 unspecified atom stereocenters. The van der Waals surface area contributed by atoms with Crippen molar-refractivity contribution in [2.75, 3.05) is 13.7 Å². The summed E-state index contributed by atoms with van der Waals surface area (Å²) in [6.45, 7) is 6.45. The van der Waals surface area contributed by atoms with Gasteiger partial charge in [-0.25, -0.2) is 0 Å². The quantitative estimate of drug-likeness (QED) is 0.420. The van der Waals surface area contributed by atoms with Crippen LogP contribution in [0.5, 0.6) is 0 Å². The van der Waals surface area contributed by atoms with Crippen molar-refractivity contribution in [1.29, 1.82) is 0 Å². The fraction of sp³-hybridized carbons (Fsp3) is 0.722. The van der Waals surface area contributed by atoms with Gasteiger partial charge >= 0.3 is 5.97 Å². The van der Waals surface area contributed by atoms with E-state index in [0.29, 0.717) is 19.4 Å². The second-order valence-corrected chi connectivity index (χ2v) is 7.78. The molecule has 2 aliphatic carbocycles. The fourth-order valence-electron chi connectivity index (χ4n) is 6.02. The smallest absolute Gasteiger partial charge is 0.322 e. The average Bonchev–Trinajstić information content (AvgIpc) is 2.65. The van der Waals surface area contributed by atoms with Crippen molar-refractivity contribution in [2.45, 2.75) is 45.1 Å². The molecule has 0 N–H and O–H groups in total. The van der Waals surface area contributed by atoms with Crippen molar-refractivity contribution >= 4 is 17.7 Å². The molecule has 2 saturated carbocycles. The van der Waals surface area contributed by atoms with Crippen LogP contribution in [-0.2, 0) is 19.1 Å². The lowest BCUT2D eigenvalue weighted by molar-refractivity contribution is -0.169. The van der Waals surface area contributed by atoms with Crippen molar-refractivity contribution in [3.05, 3.63) is 12.2 Å². The number of amides is 1. The minimum absolute atomic E-state index is 0.0506. The lowest BCUT2D eigenvalue weighted by Gasteiger charge is -2.52. The molecule has 5 heteroatoms. The first-order valence-corrected chi connectivity index (χ1v) is 8.50. The number of hydrogen-bond donors (Lipinski definition) is 0. The van der Waals surface area contributed by atoms with Gasteiger partial charge in [-0.15, -0.1) is 0 Å². The lowest BCUT2D eigenvalue weighted by Crippen LogP contribution is -2.60. The van der Waals surface area contributed by atoms with Gasteiger partial charge in [0.1, 0.15) is 5.78 Å². The summed E-state index contributed by atoms with van der Waals surface area (Å²) < 4.78 is 5.10. The summed E-state index contributed by atoms with van der Waals surface area (Å²) in [5, 5.41) is 0. The number of esters is 1. The Morgan fingerprint density at radius 3 is 2.78 bits per heavy atom. The van der Waals surface area contributed by atoms with E-state index >= 15 is 0 Å². The zero-order chi connectivity index (χ0) is 16.6. The number of piperidine rings is 1. The molecule has 1 amide bonds. The third-order valence-corrected chi connectivity index (χ3v) is 7.18. The topological polar surface area (TPSA) is 63.7 Å². The predicted octanol–water partition coefficient (Wildman–Crippen LogP) is 1.71. The Kier molecular flexibility index (Phi) is 2.89. The highest BCUT2D eigenvalue weighted by Gasteiger charge is 2.76. The molecule has 4 aliphatic rings. The standard InChI is InChI=1S/C18H23NO4/c1-10-9-19-13-8-11(10)14(20)12-6-4-5-7-18(15(19)21,16(22)23-3)17(12,13)2/h11-13H,1,4-9H2,2-3H3/t11-,12+,13-,17+,18-/m1/s1. The van der Waals surface area contributed by atoms with Crippen LogP contribution in [-0.4, -0.2) is 42.3 Å². The van der Waals surface area contributed by atoms with Crippen molar-refractivity contribution < 1.29 is 19.1 Å². The summed E-state index contributed by atoms with van der Waals surface area (Å²) in [7, 11) is 1.34. The second kappa shape index (κ2) is 4.46. The molecule has 0 aromatic carbocycles. The Hall–Kier alpha value is -1.65. The van der Waals surface area contributed by atoms with Crippen molar-refractivity contribution in [3.8, 4) is 0 Å². The van der Waals surface area contributed by atoms with Crippen LogP contribution in [0.4, 0.5) is 0 Å². The SMILES string of the molecule is C=C1CN2C(=O)[C@@]3(C(=O)OC)CCCC[C@H]4C(=O)[C@@H]1C[C@@H]2[C@]43C. The third-order valence-electron chi connectivity index (χ3n) is 7.18. The molecule has 0 aromatic heterocycles. The Morgan fingerprint density at radius 2 is 2.09 bits per heavy atom. The maximum absolute atomic E-state index is 13.3. The number of hydrogen-bond acceptors (Lipinski definition) is 4. The zero-order valence-electron chi connectivity index (χ0n) is 13.8. The molecule has 2 saturated heterocycles. The largest absolute Gasteiger partial charge is 0.468 e. The summed E-state index contributed by atoms with van der Waals surface area (Å²) in [6, 6.07) is -0.0506. The maximum atomic E-state index is 13.3. The van der Waals surface area contributed by atoms with Gasteiger partial charge in [0.05, 0.1) is 7.11 Å². The summed E-state index contributed by atoms with van der Waals surface area (Å²) >= 11 is 0. The van der Waals surface area contributed by atoms with Gasteiger partial charge in [0.25, 0.3) is 0 Å². The second-order valence-electron chi connectivity index (χ2n) is 7.78. The van der Waals surface area contributed by atoms with E-state index in [1.807, 2.05) is 11.8 Å². The normalized spacial score (nSPS) is 45.0. The van der Waals surface area contributed by atoms with Gasteiger partial charge in [-0.3, -0.25) is 14.4 Å². The summed E-state index contributed by atoms with van der Waals surface area (Å²) in [6.07, 6.45) is 3.53. The van der Waals surface area contributed by atoms with Crippen LogP contribution < -0.4 is 0 Å². The number of Topliss-reactive ketones (excluding diaryl/α,β-unsaturated/α-hetero) is 1. The Labute approximate surface area is 136 Å². The zero-order valence-corrected chi connectivity index (χ0v) is 13.8. The molecular weight excluding hydrogens is 294 g/mol. The Bertz CT molecular complexity index is 641. The summed E-state index contributed by atoms with van der Waals surface area (Å²) in [4.78, 5) is 41.1. The molecule has 0 radical (unpaired) electrons. The molecule has 124 valence electrons. The van der Waals surface area contributed by atoms with Crippen LogP contribution in [0.3, 0.4) is 0 Å². The van der Waals surface area contributed by atoms with Crippen LogP contribution in [0, 0.1) is 22.7 Å². The van der Waals surface area contributed by atoms with Crippen LogP contribution in [0.1, 0.15) is 39.0 Å². The number of rotatable bonds is 1. The van der Waals surface area contributed by atoms with Crippen LogP contribution in [0.15, 0.2) is 12.2 Å². The predicted molar refractivity (Wildman–Crippen MR) is 82.3 cm³/mol. The summed E-state index contributed by atoms with van der Waals surface area (Å²) in [5.74, 6) is -0.799. The van der Waals surface area contributed by atoms with E-state index in [4.69, 9.17) is 4.74 Å². The average molecular weight is 317 g/mol. The molecule has 4 fully saturated rings. The van der Waals surface area contributed by atoms with Gasteiger partial charge in [0, 0.05) is 29.8 Å². The minimum Gasteiger partial charge on any atom is -0.468 e. The molecule has 4 rings (SSSR count). The highest BCUT2D eigenvalue weighted by atomic mass is 16.5. The Balaban J connectivity index is 1.99. The lowest BCUT2D eigenvalue weighted by atomic mass is 9.50. The molecular formula is C18H23NO4. The molecule has 0 aromatic rings. The van der Waals surface area contributed by atoms with E-state index in [1.54, 1.807) is 0 Å². The number of methoxy groups -OCH3 is 1. The van der Waals surface area contributed by atoms with Gasteiger partial charge in [0.2, 0.25) is 5.91 Å². The van der Waals surface area contributed by atoms with Gasteiger partial charge in [-0.1, -0.05) is 26.3 Å². The minimum atomic E-state index is -1.20. The van der Waals surface area contributed by atoms with Gasteiger partial charge < -0.3 is 9.64 Å². The Morgan fingerprint density at radius 1 is 1.35 bits per heavy atom. The number of carbonyl (C=O) groups excluding carboxylic acids is 3. The monoisotopic (exact) mass is 317 g/mol. The first-order valence-electron chi connectivity index (χ1n) is 8.50. The van der Waals surface area contributed by atoms with Crippen molar-refractivity contribution in [1.82, 2.24) is 4.90 Å². The van der Waals surface area contributed by atoms with E-state index in [0.717, 1.165) is 24.8 Å². The number of ether oxygens (including phenoxy) is 1. The maximum Gasteiger partial charge on any atom is 0.322 e. The highest BCUT2D eigenvalue weighted by Crippen LogP contribution is 2.66. The molecule has 23 heavy (non-hydrogen) atoms. The van der Waals surface area contributed by atoms with E-state index < -0.39 is 16.8 Å². The third kappa shape index (κ3) is 1.42. The first kappa shape index (κ1) is 14.9. The molecule has 2 bridgehead atoms. The van der Waals surface area contributed by atoms with Gasteiger partial charge in [-0.05, 0) is 24.8 Å². The van der Waals surface area contributed by atoms with Gasteiger partial charge in [0.15, 0.2) is 5.41 Å². The van der Waals surface area contributed by atoms with E-state index in [9.17, 15) is 14.4 Å². The van der Waals surface area contributed by atoms with E-state index in [1.165, 1.54) is 7.11 Å². The number of fused-ring (bicyclic) bond motifs is 1. The fourth-order valence-corrected chi connectivity index (χ4v) is 6.02. The number of nitrogens with zero attached hydrogens (tertiary/aromatic N) is 1. The molecule has 2 heterocycles. The van der Waals surface area contributed by atoms with Gasteiger partial charge in [-0.2, -0.15) is 0 Å².